The highest BCUT2D eigenvalue weighted by molar-refractivity contribution is 5.75. The van der Waals surface area contributed by atoms with E-state index in [1.807, 2.05) is 0 Å². The van der Waals surface area contributed by atoms with Crippen molar-refractivity contribution in [2.24, 2.45) is 28.6 Å². The Bertz CT molecular complexity index is 625. The van der Waals surface area contributed by atoms with E-state index in [0.29, 0.717) is 24.2 Å². The summed E-state index contributed by atoms with van der Waals surface area (Å²) in [4.78, 5) is 11.2. The molecule has 0 spiro atoms. The molecule has 2 nitrogen and oxygen atoms in total. The van der Waals surface area contributed by atoms with E-state index in [-0.39, 0.29) is 5.41 Å². The highest BCUT2D eigenvalue weighted by atomic mass is 19.4. The monoisotopic (exact) mass is 370 g/mol. The number of hydrogen-bond acceptors (Lipinski definition) is 2. The highest BCUT2D eigenvalue weighted by Gasteiger charge is 2.56. The van der Waals surface area contributed by atoms with Gasteiger partial charge in [-0.2, -0.15) is 13.2 Å². The predicted octanol–water partition coefficient (Wildman–Crippen LogP) is 5.81. The molecule has 4 aliphatic rings. The Kier molecular flexibility index (Phi) is 4.24. The molecule has 0 amide bonds. The normalized spacial score (nSPS) is 45.2. The first-order valence-corrected chi connectivity index (χ1v) is 10.1. The molecule has 3 saturated carbocycles. The molecule has 3 fully saturated rings. The summed E-state index contributed by atoms with van der Waals surface area (Å²) in [6.45, 7) is 4.78. The van der Waals surface area contributed by atoms with Crippen LogP contribution >= 0.6 is 0 Å². The Morgan fingerprint density at radius 3 is 2.62 bits per heavy atom. The van der Waals surface area contributed by atoms with Crippen LogP contribution in [0.25, 0.3) is 0 Å². The van der Waals surface area contributed by atoms with Crippen LogP contribution in [0.2, 0.25) is 0 Å². The topological polar surface area (TPSA) is 26.3 Å². The predicted molar refractivity (Wildman–Crippen MR) is 92.3 cm³/mol. The molecule has 0 heterocycles. The third-order valence-electron chi connectivity index (χ3n) is 8.35. The maximum Gasteiger partial charge on any atom is 0.490 e. The van der Waals surface area contributed by atoms with Crippen LogP contribution in [-0.2, 0) is 9.53 Å². The van der Waals surface area contributed by atoms with E-state index in [9.17, 15) is 18.0 Å². The first-order valence-electron chi connectivity index (χ1n) is 10.1. The number of carbonyl (C=O) groups excluding carboxylic acids is 1. The highest BCUT2D eigenvalue weighted by Crippen LogP contribution is 2.64. The summed E-state index contributed by atoms with van der Waals surface area (Å²) in [6, 6.07) is 0. The minimum atomic E-state index is -4.90. The molecule has 0 N–H and O–H groups in total. The van der Waals surface area contributed by atoms with E-state index in [1.54, 1.807) is 0 Å². The number of rotatable bonds is 1. The fourth-order valence-corrected chi connectivity index (χ4v) is 6.94. The number of ether oxygens (including phenoxy) is 1. The van der Waals surface area contributed by atoms with Gasteiger partial charge in [0, 0.05) is 6.42 Å². The lowest BCUT2D eigenvalue weighted by Crippen LogP contribution is -2.49. The van der Waals surface area contributed by atoms with Crippen LogP contribution in [0, 0.1) is 28.6 Å². The number of carbonyl (C=O) groups is 1. The van der Waals surface area contributed by atoms with Crippen molar-refractivity contribution >= 4 is 5.97 Å². The van der Waals surface area contributed by atoms with Crippen LogP contribution < -0.4 is 0 Å². The second kappa shape index (κ2) is 6.00. The molecule has 4 rings (SSSR count). The van der Waals surface area contributed by atoms with Gasteiger partial charge in [-0.15, -0.1) is 0 Å². The zero-order valence-electron chi connectivity index (χ0n) is 15.7. The summed E-state index contributed by atoms with van der Waals surface area (Å²) in [7, 11) is 0. The Hall–Kier alpha value is -1.00. The summed E-state index contributed by atoms with van der Waals surface area (Å²) in [5.41, 5.74) is 1.82. The SMILES string of the molecule is CC12CCCC1C1CC=C3CC(OC(=O)C(F)(F)F)CCC3(C)C1CC2. The number of fused-ring (bicyclic) bond motifs is 5. The van der Waals surface area contributed by atoms with Gasteiger partial charge in [-0.3, -0.25) is 0 Å². The summed E-state index contributed by atoms with van der Waals surface area (Å²) < 4.78 is 42.3. The van der Waals surface area contributed by atoms with Crippen LogP contribution in [0.3, 0.4) is 0 Å². The van der Waals surface area contributed by atoms with Crippen LogP contribution in [0.15, 0.2) is 11.6 Å². The summed E-state index contributed by atoms with van der Waals surface area (Å²) in [5.74, 6) is 0.119. The second-order valence-electron chi connectivity index (χ2n) is 9.61. The fourth-order valence-electron chi connectivity index (χ4n) is 6.94. The molecule has 26 heavy (non-hydrogen) atoms. The van der Waals surface area contributed by atoms with E-state index >= 15 is 0 Å². The van der Waals surface area contributed by atoms with Gasteiger partial charge in [0.05, 0.1) is 0 Å². The second-order valence-corrected chi connectivity index (χ2v) is 9.61. The summed E-state index contributed by atoms with van der Waals surface area (Å²) in [6.07, 6.45) is 6.22. The van der Waals surface area contributed by atoms with Gasteiger partial charge < -0.3 is 4.74 Å². The van der Waals surface area contributed by atoms with Gasteiger partial charge in [0.15, 0.2) is 0 Å². The van der Waals surface area contributed by atoms with E-state index in [0.717, 1.165) is 24.7 Å². The van der Waals surface area contributed by atoms with E-state index in [4.69, 9.17) is 4.74 Å². The molecule has 146 valence electrons. The van der Waals surface area contributed by atoms with Gasteiger partial charge in [-0.25, -0.2) is 4.79 Å². The van der Waals surface area contributed by atoms with E-state index in [2.05, 4.69) is 19.9 Å². The smallest absolute Gasteiger partial charge is 0.455 e. The minimum Gasteiger partial charge on any atom is -0.455 e. The Morgan fingerprint density at radius 1 is 1.12 bits per heavy atom. The van der Waals surface area contributed by atoms with Crippen LogP contribution in [0.1, 0.15) is 71.6 Å². The van der Waals surface area contributed by atoms with Crippen LogP contribution in [0.5, 0.6) is 0 Å². The van der Waals surface area contributed by atoms with Crippen molar-refractivity contribution in [3.05, 3.63) is 11.6 Å². The van der Waals surface area contributed by atoms with Crippen molar-refractivity contribution in [2.45, 2.75) is 83.9 Å². The lowest BCUT2D eigenvalue weighted by Gasteiger charge is -2.57. The zero-order valence-corrected chi connectivity index (χ0v) is 15.7. The van der Waals surface area contributed by atoms with Crippen molar-refractivity contribution in [1.29, 1.82) is 0 Å². The van der Waals surface area contributed by atoms with Gasteiger partial charge in [0.2, 0.25) is 0 Å². The molecule has 0 bridgehead atoms. The minimum absolute atomic E-state index is 0.0774. The molecular formula is C21H29F3O2. The quantitative estimate of drug-likeness (QED) is 0.430. The summed E-state index contributed by atoms with van der Waals surface area (Å²) in [5, 5.41) is 0. The third kappa shape index (κ3) is 2.80. The Morgan fingerprint density at radius 2 is 1.88 bits per heavy atom. The van der Waals surface area contributed by atoms with Gasteiger partial charge in [-0.05, 0) is 73.5 Å². The molecule has 0 saturated heterocycles. The Balaban J connectivity index is 1.51. The van der Waals surface area contributed by atoms with Gasteiger partial charge in [0.25, 0.3) is 0 Å². The molecular weight excluding hydrogens is 341 g/mol. The molecule has 0 radical (unpaired) electrons. The first-order chi connectivity index (χ1) is 12.1. The maximum atomic E-state index is 12.5. The first kappa shape index (κ1) is 18.4. The van der Waals surface area contributed by atoms with Crippen molar-refractivity contribution in [3.63, 3.8) is 0 Å². The van der Waals surface area contributed by atoms with Crippen molar-refractivity contribution in [2.75, 3.05) is 0 Å². The molecule has 5 heteroatoms. The molecule has 6 unspecified atom stereocenters. The number of esters is 1. The molecule has 0 aromatic carbocycles. The molecule has 0 aromatic heterocycles. The van der Waals surface area contributed by atoms with Gasteiger partial charge >= 0.3 is 12.1 Å². The van der Waals surface area contributed by atoms with E-state index < -0.39 is 18.2 Å². The Labute approximate surface area is 153 Å². The van der Waals surface area contributed by atoms with Crippen molar-refractivity contribution in [1.82, 2.24) is 0 Å². The largest absolute Gasteiger partial charge is 0.490 e. The fraction of sp³-hybridized carbons (Fsp3) is 0.857. The number of halogens is 3. The average molecular weight is 370 g/mol. The van der Waals surface area contributed by atoms with Crippen molar-refractivity contribution < 1.29 is 22.7 Å². The zero-order chi connectivity index (χ0) is 18.7. The van der Waals surface area contributed by atoms with Crippen LogP contribution in [-0.4, -0.2) is 18.2 Å². The van der Waals surface area contributed by atoms with Gasteiger partial charge in [0.1, 0.15) is 6.10 Å². The third-order valence-corrected chi connectivity index (χ3v) is 8.35. The molecule has 0 aromatic rings. The lowest BCUT2D eigenvalue weighted by atomic mass is 9.48. The average Bonchev–Trinajstić information content (AvgIpc) is 2.96. The van der Waals surface area contributed by atoms with E-state index in [1.165, 1.54) is 37.7 Å². The van der Waals surface area contributed by atoms with Gasteiger partial charge in [-0.1, -0.05) is 31.9 Å². The summed E-state index contributed by atoms with van der Waals surface area (Å²) >= 11 is 0. The maximum absolute atomic E-state index is 12.5. The van der Waals surface area contributed by atoms with Crippen LogP contribution in [0.4, 0.5) is 13.2 Å². The standard InChI is InChI=1S/C21H29F3O2/c1-19-9-3-4-16(19)15-6-5-13-12-14(26-18(25)21(22,23)24)7-11-20(13,2)17(15)8-10-19/h5,14-17H,3-4,6-12H2,1-2H3. The number of allylic oxidation sites excluding steroid dienone is 1. The van der Waals surface area contributed by atoms with Crippen molar-refractivity contribution in [3.8, 4) is 0 Å². The number of hydrogen-bond donors (Lipinski definition) is 0. The molecule has 6 atom stereocenters. The molecule has 4 aliphatic carbocycles. The molecule has 0 aliphatic heterocycles. The lowest BCUT2D eigenvalue weighted by molar-refractivity contribution is -0.206. The number of alkyl halides is 3.